The summed E-state index contributed by atoms with van der Waals surface area (Å²) in [6, 6.07) is 18.3. The molecule has 0 radical (unpaired) electrons. The van der Waals surface area contributed by atoms with Crippen LogP contribution in [0, 0.1) is 20.8 Å². The first-order chi connectivity index (χ1) is 17.7. The summed E-state index contributed by atoms with van der Waals surface area (Å²) in [5.41, 5.74) is 5.10. The average molecular weight is 519 g/mol. The van der Waals surface area contributed by atoms with Gasteiger partial charge in [0.25, 0.3) is 5.56 Å². The molecule has 0 aliphatic carbocycles. The molecule has 0 fully saturated rings. The van der Waals surface area contributed by atoms with E-state index in [2.05, 4.69) is 4.98 Å². The Hall–Kier alpha value is -3.62. The number of rotatable bonds is 7. The second-order valence-electron chi connectivity index (χ2n) is 9.42. The van der Waals surface area contributed by atoms with Crippen LogP contribution in [0.3, 0.4) is 0 Å². The maximum Gasteiger partial charge on any atom is 0.252 e. The molecule has 5 rings (SSSR count). The summed E-state index contributed by atoms with van der Waals surface area (Å²) in [5.74, 6) is 0.925. The second kappa shape index (κ2) is 10.0. The van der Waals surface area contributed by atoms with Crippen molar-refractivity contribution in [3.8, 4) is 11.5 Å². The molecule has 0 bridgehead atoms. The van der Waals surface area contributed by atoms with E-state index in [1.165, 1.54) is 16.4 Å². The fraction of sp³-hybridized carbons (Fsp3) is 0.276. The van der Waals surface area contributed by atoms with Crippen LogP contribution >= 0.6 is 0 Å². The SMILES string of the molecule is Cc1ccccc1CCN(Cc1cc2ccc(C)c(C)c2[nH]c1=O)S(=O)(=O)c1ccc2c(c1)OCCO2. The number of nitrogens with one attached hydrogen (secondary N) is 1. The molecule has 1 aliphatic rings. The molecule has 3 aromatic carbocycles. The molecule has 192 valence electrons. The first-order valence-electron chi connectivity index (χ1n) is 12.3. The van der Waals surface area contributed by atoms with Crippen LogP contribution in [0.5, 0.6) is 11.5 Å². The first-order valence-corrected chi connectivity index (χ1v) is 13.7. The van der Waals surface area contributed by atoms with Crippen LogP contribution in [-0.2, 0) is 23.0 Å². The Labute approximate surface area is 216 Å². The number of fused-ring (bicyclic) bond motifs is 2. The summed E-state index contributed by atoms with van der Waals surface area (Å²) in [4.78, 5) is 16.2. The van der Waals surface area contributed by atoms with E-state index >= 15 is 0 Å². The van der Waals surface area contributed by atoms with Gasteiger partial charge in [-0.3, -0.25) is 4.79 Å². The third kappa shape index (κ3) is 4.99. The van der Waals surface area contributed by atoms with Gasteiger partial charge in [-0.15, -0.1) is 0 Å². The molecule has 1 aliphatic heterocycles. The number of benzene rings is 3. The van der Waals surface area contributed by atoms with Gasteiger partial charge in [0, 0.05) is 24.7 Å². The molecule has 37 heavy (non-hydrogen) atoms. The lowest BCUT2D eigenvalue weighted by Crippen LogP contribution is -2.34. The predicted octanol–water partition coefficient (Wildman–Crippen LogP) is 4.66. The van der Waals surface area contributed by atoms with Gasteiger partial charge in [-0.05, 0) is 73.0 Å². The summed E-state index contributed by atoms with van der Waals surface area (Å²) in [6.07, 6.45) is 0.514. The molecule has 0 spiro atoms. The van der Waals surface area contributed by atoms with Gasteiger partial charge in [-0.2, -0.15) is 4.31 Å². The van der Waals surface area contributed by atoms with Gasteiger partial charge in [0.05, 0.1) is 10.4 Å². The van der Waals surface area contributed by atoms with Crippen molar-refractivity contribution in [3.63, 3.8) is 0 Å². The Kier molecular flexibility index (Phi) is 6.79. The Balaban J connectivity index is 1.54. The molecule has 7 nitrogen and oxygen atoms in total. The van der Waals surface area contributed by atoms with Crippen molar-refractivity contribution in [2.75, 3.05) is 19.8 Å². The minimum Gasteiger partial charge on any atom is -0.486 e. The van der Waals surface area contributed by atoms with E-state index in [-0.39, 0.29) is 23.5 Å². The second-order valence-corrected chi connectivity index (χ2v) is 11.4. The molecule has 0 unspecified atom stereocenters. The largest absolute Gasteiger partial charge is 0.486 e. The Bertz CT molecular complexity index is 1640. The highest BCUT2D eigenvalue weighted by molar-refractivity contribution is 7.89. The topological polar surface area (TPSA) is 88.7 Å². The zero-order valence-electron chi connectivity index (χ0n) is 21.2. The maximum atomic E-state index is 13.9. The van der Waals surface area contributed by atoms with Crippen LogP contribution in [0.1, 0.15) is 27.8 Å². The van der Waals surface area contributed by atoms with E-state index in [0.717, 1.165) is 33.2 Å². The minimum absolute atomic E-state index is 0.0547. The summed E-state index contributed by atoms with van der Waals surface area (Å²) in [5, 5.41) is 0.869. The third-order valence-corrected chi connectivity index (χ3v) is 8.86. The van der Waals surface area contributed by atoms with Crippen LogP contribution in [-0.4, -0.2) is 37.5 Å². The van der Waals surface area contributed by atoms with Crippen LogP contribution in [0.4, 0.5) is 0 Å². The molecular formula is C29H30N2O5S. The Morgan fingerprint density at radius 2 is 1.62 bits per heavy atom. The van der Waals surface area contributed by atoms with Gasteiger partial charge in [-0.1, -0.05) is 36.4 Å². The molecule has 0 saturated heterocycles. The van der Waals surface area contributed by atoms with Gasteiger partial charge in [0.2, 0.25) is 10.0 Å². The van der Waals surface area contributed by atoms with E-state index in [0.29, 0.717) is 36.7 Å². The van der Waals surface area contributed by atoms with E-state index in [9.17, 15) is 13.2 Å². The lowest BCUT2D eigenvalue weighted by molar-refractivity contribution is 0.171. The van der Waals surface area contributed by atoms with E-state index in [1.54, 1.807) is 12.1 Å². The number of aryl methyl sites for hydroxylation is 3. The quantitative estimate of drug-likeness (QED) is 0.385. The van der Waals surface area contributed by atoms with Crippen LogP contribution in [0.25, 0.3) is 10.9 Å². The Morgan fingerprint density at radius 1 is 0.865 bits per heavy atom. The summed E-state index contributed by atoms with van der Waals surface area (Å²) in [7, 11) is -3.96. The number of hydrogen-bond donors (Lipinski definition) is 1. The summed E-state index contributed by atoms with van der Waals surface area (Å²) in [6.45, 7) is 6.91. The lowest BCUT2D eigenvalue weighted by Gasteiger charge is -2.24. The maximum absolute atomic E-state index is 13.9. The molecular weight excluding hydrogens is 488 g/mol. The zero-order chi connectivity index (χ0) is 26.2. The van der Waals surface area contributed by atoms with Crippen molar-refractivity contribution in [1.29, 1.82) is 0 Å². The van der Waals surface area contributed by atoms with Crippen molar-refractivity contribution in [1.82, 2.24) is 9.29 Å². The van der Waals surface area contributed by atoms with Crippen LogP contribution < -0.4 is 15.0 Å². The molecule has 4 aromatic rings. The number of H-pyrrole nitrogens is 1. The number of ether oxygens (including phenoxy) is 2. The molecule has 0 saturated carbocycles. The van der Waals surface area contributed by atoms with Crippen LogP contribution in [0.15, 0.2) is 70.4 Å². The highest BCUT2D eigenvalue weighted by Crippen LogP contribution is 2.33. The number of aromatic amines is 1. The number of pyridine rings is 1. The first kappa shape index (κ1) is 25.0. The van der Waals surface area contributed by atoms with Gasteiger partial charge in [0.15, 0.2) is 11.5 Å². The highest BCUT2D eigenvalue weighted by atomic mass is 32.2. The van der Waals surface area contributed by atoms with E-state index < -0.39 is 10.0 Å². The number of hydrogen-bond acceptors (Lipinski definition) is 5. The Morgan fingerprint density at radius 3 is 2.41 bits per heavy atom. The van der Waals surface area contributed by atoms with Crippen molar-refractivity contribution in [2.45, 2.75) is 38.6 Å². The van der Waals surface area contributed by atoms with Crippen molar-refractivity contribution >= 4 is 20.9 Å². The average Bonchev–Trinajstić information content (AvgIpc) is 2.90. The van der Waals surface area contributed by atoms with E-state index in [1.807, 2.05) is 57.2 Å². The standard InChI is InChI=1S/C29H30N2O5S/c1-19-8-9-23-16-24(29(32)30-28(23)21(19)3)18-31(13-12-22-7-5-4-6-20(22)2)37(33,34)25-10-11-26-27(17-25)36-15-14-35-26/h4-11,16-17H,12-15,18H2,1-3H3,(H,30,32). The van der Waals surface area contributed by atoms with Gasteiger partial charge >= 0.3 is 0 Å². The predicted molar refractivity (Wildman–Crippen MR) is 144 cm³/mol. The van der Waals surface area contributed by atoms with Crippen LogP contribution in [0.2, 0.25) is 0 Å². The highest BCUT2D eigenvalue weighted by Gasteiger charge is 2.28. The van der Waals surface area contributed by atoms with Gasteiger partial charge in [0.1, 0.15) is 13.2 Å². The van der Waals surface area contributed by atoms with Crippen molar-refractivity contribution in [2.24, 2.45) is 0 Å². The lowest BCUT2D eigenvalue weighted by atomic mass is 10.0. The molecule has 1 N–H and O–H groups in total. The molecule has 2 heterocycles. The van der Waals surface area contributed by atoms with Gasteiger partial charge in [-0.25, -0.2) is 8.42 Å². The van der Waals surface area contributed by atoms with Crippen molar-refractivity contribution in [3.05, 3.63) is 98.8 Å². The fourth-order valence-electron chi connectivity index (χ4n) is 4.63. The fourth-order valence-corrected chi connectivity index (χ4v) is 6.07. The monoisotopic (exact) mass is 518 g/mol. The normalized spacial score (nSPS) is 13.3. The third-order valence-electron chi connectivity index (χ3n) is 7.02. The number of sulfonamides is 1. The summed E-state index contributed by atoms with van der Waals surface area (Å²) >= 11 is 0. The number of aromatic nitrogens is 1. The molecule has 0 amide bonds. The van der Waals surface area contributed by atoms with E-state index in [4.69, 9.17) is 9.47 Å². The zero-order valence-corrected chi connectivity index (χ0v) is 22.0. The van der Waals surface area contributed by atoms with Gasteiger partial charge < -0.3 is 14.5 Å². The molecule has 1 aromatic heterocycles. The number of nitrogens with zero attached hydrogens (tertiary/aromatic N) is 1. The molecule has 0 atom stereocenters. The summed E-state index contributed by atoms with van der Waals surface area (Å²) < 4.78 is 40.4. The smallest absolute Gasteiger partial charge is 0.252 e. The molecule has 8 heteroatoms. The van der Waals surface area contributed by atoms with Crippen molar-refractivity contribution < 1.29 is 17.9 Å². The minimum atomic E-state index is -3.96.